The van der Waals surface area contributed by atoms with Gasteiger partial charge in [0.1, 0.15) is 11.4 Å². The molecule has 0 radical (unpaired) electrons. The summed E-state index contributed by atoms with van der Waals surface area (Å²) in [6, 6.07) is 23.8. The van der Waals surface area contributed by atoms with Crippen LogP contribution in [0.15, 0.2) is 78.9 Å². The van der Waals surface area contributed by atoms with Crippen molar-refractivity contribution in [2.24, 2.45) is 0 Å². The van der Waals surface area contributed by atoms with Crippen molar-refractivity contribution in [3.63, 3.8) is 0 Å². The quantitative estimate of drug-likeness (QED) is 0.440. The number of fused-ring (bicyclic) bond motifs is 1. The molecule has 0 fully saturated rings. The molecule has 4 rings (SSSR count). The lowest BCUT2D eigenvalue weighted by atomic mass is 9.79. The van der Waals surface area contributed by atoms with Gasteiger partial charge in [0, 0.05) is 10.8 Å². The SMILES string of the molecule is COc1cc2c(O)cc(C(O)(c3ccccc3)c3ccccc3)cc2c(OC)c1OC. The summed E-state index contributed by atoms with van der Waals surface area (Å²) in [4.78, 5) is 0. The Morgan fingerprint density at radius 1 is 0.613 bits per heavy atom. The Balaban J connectivity index is 2.07. The van der Waals surface area contributed by atoms with E-state index in [2.05, 4.69) is 0 Å². The van der Waals surface area contributed by atoms with E-state index in [1.807, 2.05) is 66.7 Å². The van der Waals surface area contributed by atoms with E-state index in [0.29, 0.717) is 44.7 Å². The molecular formula is C26H24O5. The van der Waals surface area contributed by atoms with E-state index >= 15 is 0 Å². The maximum atomic E-state index is 12.1. The smallest absolute Gasteiger partial charge is 0.203 e. The van der Waals surface area contributed by atoms with E-state index in [9.17, 15) is 10.2 Å². The Kier molecular flexibility index (Phi) is 5.44. The average Bonchev–Trinajstić information content (AvgIpc) is 2.83. The summed E-state index contributed by atoms with van der Waals surface area (Å²) in [6.45, 7) is 0. The predicted octanol–water partition coefficient (Wildman–Crippen LogP) is 4.86. The van der Waals surface area contributed by atoms with Crippen LogP contribution in [-0.4, -0.2) is 31.5 Å². The number of methoxy groups -OCH3 is 3. The van der Waals surface area contributed by atoms with Gasteiger partial charge in [0.25, 0.3) is 0 Å². The van der Waals surface area contributed by atoms with Crippen molar-refractivity contribution in [1.29, 1.82) is 0 Å². The second-order valence-corrected chi connectivity index (χ2v) is 7.18. The third-order valence-electron chi connectivity index (χ3n) is 5.54. The largest absolute Gasteiger partial charge is 0.507 e. The first-order chi connectivity index (χ1) is 15.0. The molecule has 0 amide bonds. The van der Waals surface area contributed by atoms with Gasteiger partial charge >= 0.3 is 0 Å². The molecule has 0 unspecified atom stereocenters. The zero-order valence-corrected chi connectivity index (χ0v) is 17.6. The number of benzene rings is 4. The second kappa shape index (κ2) is 8.20. The van der Waals surface area contributed by atoms with Gasteiger partial charge in [-0.25, -0.2) is 0 Å². The van der Waals surface area contributed by atoms with Crippen molar-refractivity contribution >= 4 is 10.8 Å². The zero-order chi connectivity index (χ0) is 22.0. The first-order valence-corrected chi connectivity index (χ1v) is 9.84. The van der Waals surface area contributed by atoms with Crippen LogP contribution in [0.5, 0.6) is 23.0 Å². The minimum atomic E-state index is -1.49. The van der Waals surface area contributed by atoms with Crippen molar-refractivity contribution < 1.29 is 24.4 Å². The lowest BCUT2D eigenvalue weighted by Gasteiger charge is -2.31. The van der Waals surface area contributed by atoms with E-state index in [-0.39, 0.29) is 5.75 Å². The summed E-state index contributed by atoms with van der Waals surface area (Å²) in [7, 11) is 4.58. The molecule has 0 saturated carbocycles. The summed E-state index contributed by atoms with van der Waals surface area (Å²) in [5.41, 5.74) is 0.367. The molecule has 31 heavy (non-hydrogen) atoms. The molecule has 0 saturated heterocycles. The summed E-state index contributed by atoms with van der Waals surface area (Å²) in [5, 5.41) is 24.2. The highest BCUT2D eigenvalue weighted by molar-refractivity contribution is 5.97. The molecule has 0 atom stereocenters. The van der Waals surface area contributed by atoms with Crippen LogP contribution in [0.4, 0.5) is 0 Å². The van der Waals surface area contributed by atoms with E-state index < -0.39 is 5.60 Å². The molecule has 5 heteroatoms. The van der Waals surface area contributed by atoms with Gasteiger partial charge in [-0.1, -0.05) is 60.7 Å². The third-order valence-corrected chi connectivity index (χ3v) is 5.54. The van der Waals surface area contributed by atoms with Crippen molar-refractivity contribution in [3.8, 4) is 23.0 Å². The zero-order valence-electron chi connectivity index (χ0n) is 17.6. The van der Waals surface area contributed by atoms with Crippen LogP contribution < -0.4 is 14.2 Å². The number of hydrogen-bond donors (Lipinski definition) is 2. The van der Waals surface area contributed by atoms with Gasteiger partial charge in [-0.05, 0) is 34.9 Å². The number of aromatic hydroxyl groups is 1. The molecule has 0 aliphatic rings. The van der Waals surface area contributed by atoms with Crippen LogP contribution in [0.2, 0.25) is 0 Å². The molecule has 0 aromatic heterocycles. The van der Waals surface area contributed by atoms with Crippen molar-refractivity contribution in [3.05, 3.63) is 95.6 Å². The highest BCUT2D eigenvalue weighted by Crippen LogP contribution is 2.48. The minimum absolute atomic E-state index is 0.00274. The number of phenolic OH excluding ortho intramolecular Hbond substituents is 1. The number of hydrogen-bond acceptors (Lipinski definition) is 5. The third kappa shape index (κ3) is 3.33. The van der Waals surface area contributed by atoms with E-state index in [0.717, 1.165) is 0 Å². The summed E-state index contributed by atoms with van der Waals surface area (Å²) in [5.74, 6) is 1.27. The highest BCUT2D eigenvalue weighted by Gasteiger charge is 2.35. The lowest BCUT2D eigenvalue weighted by Crippen LogP contribution is -2.28. The first-order valence-electron chi connectivity index (χ1n) is 9.84. The minimum Gasteiger partial charge on any atom is -0.507 e. The lowest BCUT2D eigenvalue weighted by molar-refractivity contribution is 0.125. The van der Waals surface area contributed by atoms with E-state index in [1.54, 1.807) is 12.1 Å². The van der Waals surface area contributed by atoms with Crippen LogP contribution in [-0.2, 0) is 5.60 Å². The number of phenols is 1. The first kappa shape index (κ1) is 20.6. The van der Waals surface area contributed by atoms with Gasteiger partial charge in [0.2, 0.25) is 5.75 Å². The van der Waals surface area contributed by atoms with Crippen LogP contribution in [0.25, 0.3) is 10.8 Å². The molecule has 0 bridgehead atoms. The second-order valence-electron chi connectivity index (χ2n) is 7.18. The molecule has 4 aromatic rings. The molecule has 2 N–H and O–H groups in total. The molecule has 158 valence electrons. The van der Waals surface area contributed by atoms with Crippen molar-refractivity contribution in [2.75, 3.05) is 21.3 Å². The maximum Gasteiger partial charge on any atom is 0.203 e. The number of aliphatic hydroxyl groups is 1. The van der Waals surface area contributed by atoms with Gasteiger partial charge in [0.05, 0.1) is 21.3 Å². The molecule has 0 aliphatic heterocycles. The Hall–Kier alpha value is -3.70. The van der Waals surface area contributed by atoms with E-state index in [4.69, 9.17) is 14.2 Å². The number of ether oxygens (including phenoxy) is 3. The standard InChI is InChI=1S/C26H24O5/c1-29-23-16-20-21(24(30-2)25(23)31-3)14-19(15-22(20)27)26(28,17-10-6-4-7-11-17)18-12-8-5-9-13-18/h4-16,27-28H,1-3H3. The van der Waals surface area contributed by atoms with Crippen molar-refractivity contribution in [1.82, 2.24) is 0 Å². The molecule has 0 aliphatic carbocycles. The van der Waals surface area contributed by atoms with Crippen LogP contribution in [0, 0.1) is 0 Å². The molecule has 4 aromatic carbocycles. The Morgan fingerprint density at radius 2 is 1.16 bits per heavy atom. The summed E-state index contributed by atoms with van der Waals surface area (Å²) >= 11 is 0. The monoisotopic (exact) mass is 416 g/mol. The average molecular weight is 416 g/mol. The fourth-order valence-electron chi connectivity index (χ4n) is 4.02. The van der Waals surface area contributed by atoms with Gasteiger partial charge in [-0.3, -0.25) is 0 Å². The van der Waals surface area contributed by atoms with E-state index in [1.165, 1.54) is 21.3 Å². The molecule has 0 heterocycles. The predicted molar refractivity (Wildman–Crippen MR) is 120 cm³/mol. The normalized spacial score (nSPS) is 11.4. The van der Waals surface area contributed by atoms with Gasteiger partial charge in [0.15, 0.2) is 11.5 Å². The highest BCUT2D eigenvalue weighted by atomic mass is 16.5. The Morgan fingerprint density at radius 3 is 1.65 bits per heavy atom. The Labute approximate surface area is 181 Å². The Bertz CT molecular complexity index is 1160. The van der Waals surface area contributed by atoms with Crippen LogP contribution in [0.1, 0.15) is 16.7 Å². The fourth-order valence-corrected chi connectivity index (χ4v) is 4.02. The maximum absolute atomic E-state index is 12.1. The van der Waals surface area contributed by atoms with Gasteiger partial charge in [-0.15, -0.1) is 0 Å². The van der Waals surface area contributed by atoms with Gasteiger partial charge in [-0.2, -0.15) is 0 Å². The molecule has 5 nitrogen and oxygen atoms in total. The number of rotatable bonds is 6. The van der Waals surface area contributed by atoms with Crippen LogP contribution in [0.3, 0.4) is 0 Å². The topological polar surface area (TPSA) is 68.2 Å². The van der Waals surface area contributed by atoms with Crippen molar-refractivity contribution in [2.45, 2.75) is 5.60 Å². The summed E-state index contributed by atoms with van der Waals surface area (Å²) in [6.07, 6.45) is 0. The summed E-state index contributed by atoms with van der Waals surface area (Å²) < 4.78 is 16.5. The van der Waals surface area contributed by atoms with Crippen LogP contribution >= 0.6 is 0 Å². The van der Waals surface area contributed by atoms with Gasteiger partial charge < -0.3 is 24.4 Å². The molecular weight excluding hydrogens is 392 g/mol. The molecule has 0 spiro atoms. The fraction of sp³-hybridized carbons (Fsp3) is 0.154.